The normalized spacial score (nSPS) is 14.9. The number of benzene rings is 1. The van der Waals surface area contributed by atoms with Crippen molar-refractivity contribution in [3.8, 4) is 11.8 Å². The zero-order chi connectivity index (χ0) is 21.0. The van der Waals surface area contributed by atoms with Crippen LogP contribution in [-0.2, 0) is 13.1 Å². The fraction of sp³-hybridized carbons (Fsp3) is 0.263. The van der Waals surface area contributed by atoms with Gasteiger partial charge in [-0.15, -0.1) is 0 Å². The Hall–Kier alpha value is -2.79. The number of halogens is 1. The van der Waals surface area contributed by atoms with Crippen LogP contribution in [0.3, 0.4) is 0 Å². The van der Waals surface area contributed by atoms with E-state index in [4.69, 9.17) is 0 Å². The highest BCUT2D eigenvalue weighted by atomic mass is 32.2. The maximum atomic E-state index is 14.9. The third-order valence-electron chi connectivity index (χ3n) is 5.18. The van der Waals surface area contributed by atoms with Gasteiger partial charge < -0.3 is 10.2 Å². The van der Waals surface area contributed by atoms with Gasteiger partial charge in [-0.2, -0.15) is 9.97 Å². The van der Waals surface area contributed by atoms with Crippen molar-refractivity contribution in [3.63, 3.8) is 0 Å². The maximum Gasteiger partial charge on any atom is 0.262 e. The Kier molecular flexibility index (Phi) is 4.58. The van der Waals surface area contributed by atoms with Gasteiger partial charge in [-0.1, -0.05) is 41.7 Å². The van der Waals surface area contributed by atoms with Gasteiger partial charge >= 0.3 is 0 Å². The molecule has 1 aromatic carbocycles. The molecule has 4 heterocycles. The second-order valence-electron chi connectivity index (χ2n) is 6.83. The van der Waals surface area contributed by atoms with E-state index in [1.54, 1.807) is 6.07 Å². The van der Waals surface area contributed by atoms with Crippen LogP contribution < -0.4 is 11.1 Å². The zero-order valence-electron chi connectivity index (χ0n) is 15.4. The van der Waals surface area contributed by atoms with Crippen LogP contribution in [0.4, 0.5) is 4.39 Å². The summed E-state index contributed by atoms with van der Waals surface area (Å²) in [5.41, 5.74) is -1.69. The summed E-state index contributed by atoms with van der Waals surface area (Å²) < 4.78 is 17.6. The highest BCUT2D eigenvalue weighted by molar-refractivity contribution is 7.99. The summed E-state index contributed by atoms with van der Waals surface area (Å²) in [6.45, 7) is 0.764. The predicted octanol–water partition coefficient (Wildman–Crippen LogP) is 1.74. The van der Waals surface area contributed by atoms with Crippen molar-refractivity contribution < 1.29 is 14.6 Å². The third-order valence-corrected chi connectivity index (χ3v) is 7.10. The van der Waals surface area contributed by atoms with Gasteiger partial charge in [0.2, 0.25) is 11.8 Å². The van der Waals surface area contributed by atoms with Gasteiger partial charge in [0, 0.05) is 30.2 Å². The van der Waals surface area contributed by atoms with Gasteiger partial charge in [-0.3, -0.25) is 18.7 Å². The predicted molar refractivity (Wildman–Crippen MR) is 109 cm³/mol. The molecule has 0 bridgehead atoms. The lowest BCUT2D eigenvalue weighted by Crippen LogP contribution is -2.32. The molecule has 0 saturated carbocycles. The summed E-state index contributed by atoms with van der Waals surface area (Å²) in [6, 6.07) is 5.64. The first kappa shape index (κ1) is 19.2. The number of thioether (sulfide) groups is 2. The maximum absolute atomic E-state index is 14.9. The van der Waals surface area contributed by atoms with Gasteiger partial charge in [-0.05, 0) is 6.07 Å². The molecule has 3 aromatic rings. The van der Waals surface area contributed by atoms with Crippen LogP contribution in [0.2, 0.25) is 0 Å². The number of aromatic nitrogens is 4. The van der Waals surface area contributed by atoms with Crippen LogP contribution in [0.1, 0.15) is 22.6 Å². The standard InChI is InChI=1S/C19H15FN4O4S2/c20-10-4-2-1-3-9(10)11(12-14(25)21-18-23(16(12)27)5-7-29-18)13-15(26)22-19-24(17(13)28)6-8-30-19/h1-4,11,25-26H,5-8H2. The summed E-state index contributed by atoms with van der Waals surface area (Å²) in [5.74, 6) is -2.00. The quantitative estimate of drug-likeness (QED) is 0.586. The summed E-state index contributed by atoms with van der Waals surface area (Å²) in [5, 5.41) is 22.0. The van der Waals surface area contributed by atoms with E-state index in [9.17, 15) is 24.2 Å². The molecule has 30 heavy (non-hydrogen) atoms. The molecule has 0 saturated heterocycles. The molecular formula is C19H15FN4O4S2. The van der Waals surface area contributed by atoms with E-state index in [2.05, 4.69) is 9.97 Å². The van der Waals surface area contributed by atoms with Gasteiger partial charge in [-0.25, -0.2) is 4.39 Å². The molecule has 0 spiro atoms. The van der Waals surface area contributed by atoms with E-state index in [1.807, 2.05) is 0 Å². The van der Waals surface area contributed by atoms with Crippen molar-refractivity contribution >= 4 is 23.5 Å². The molecule has 2 aromatic heterocycles. The smallest absolute Gasteiger partial charge is 0.262 e. The summed E-state index contributed by atoms with van der Waals surface area (Å²) in [7, 11) is 0. The molecule has 5 rings (SSSR count). The van der Waals surface area contributed by atoms with Crippen molar-refractivity contribution in [1.82, 2.24) is 19.1 Å². The van der Waals surface area contributed by atoms with Crippen molar-refractivity contribution in [2.75, 3.05) is 11.5 Å². The summed E-state index contributed by atoms with van der Waals surface area (Å²) in [4.78, 5) is 34.7. The van der Waals surface area contributed by atoms with Crippen molar-refractivity contribution in [2.45, 2.75) is 29.3 Å². The molecule has 154 valence electrons. The second-order valence-corrected chi connectivity index (χ2v) is 8.95. The SMILES string of the molecule is O=c1c(C(c2ccccc2F)c2c(O)nc3n(c2=O)CCS3)c(O)nc2n1CCS2. The van der Waals surface area contributed by atoms with Crippen LogP contribution in [0.15, 0.2) is 44.2 Å². The van der Waals surface area contributed by atoms with E-state index in [1.165, 1.54) is 50.9 Å². The molecule has 8 nitrogen and oxygen atoms in total. The third kappa shape index (κ3) is 2.83. The minimum Gasteiger partial charge on any atom is -0.493 e. The average molecular weight is 446 g/mol. The summed E-state index contributed by atoms with van der Waals surface area (Å²) >= 11 is 2.64. The number of aromatic hydroxyl groups is 2. The molecule has 2 N–H and O–H groups in total. The fourth-order valence-electron chi connectivity index (χ4n) is 3.82. The molecule has 0 aliphatic carbocycles. The monoisotopic (exact) mass is 446 g/mol. The number of hydrogen-bond acceptors (Lipinski definition) is 8. The van der Waals surface area contributed by atoms with Gasteiger partial charge in [0.25, 0.3) is 11.1 Å². The second kappa shape index (κ2) is 7.17. The van der Waals surface area contributed by atoms with Gasteiger partial charge in [0.1, 0.15) is 5.82 Å². The number of fused-ring (bicyclic) bond motifs is 2. The Balaban J connectivity index is 1.86. The van der Waals surface area contributed by atoms with E-state index in [-0.39, 0.29) is 16.7 Å². The van der Waals surface area contributed by atoms with Crippen LogP contribution in [0, 0.1) is 5.82 Å². The zero-order valence-corrected chi connectivity index (χ0v) is 17.0. The molecule has 0 radical (unpaired) electrons. The Morgan fingerprint density at radius 2 is 1.40 bits per heavy atom. The lowest BCUT2D eigenvalue weighted by Gasteiger charge is -2.20. The highest BCUT2D eigenvalue weighted by Crippen LogP contribution is 2.39. The van der Waals surface area contributed by atoms with Crippen molar-refractivity contribution in [3.05, 3.63) is 67.5 Å². The van der Waals surface area contributed by atoms with Crippen molar-refractivity contribution in [1.29, 1.82) is 0 Å². The van der Waals surface area contributed by atoms with E-state index in [0.717, 1.165) is 0 Å². The van der Waals surface area contributed by atoms with E-state index in [0.29, 0.717) is 34.9 Å². The van der Waals surface area contributed by atoms with Crippen LogP contribution in [0.25, 0.3) is 0 Å². The molecule has 2 aliphatic heterocycles. The number of hydrogen-bond donors (Lipinski definition) is 2. The Bertz CT molecular complexity index is 1230. The Labute approximate surface area is 177 Å². The highest BCUT2D eigenvalue weighted by Gasteiger charge is 2.35. The van der Waals surface area contributed by atoms with Crippen LogP contribution >= 0.6 is 23.5 Å². The minimum atomic E-state index is -1.36. The molecular weight excluding hydrogens is 431 g/mol. The summed E-state index contributed by atoms with van der Waals surface area (Å²) in [6.07, 6.45) is 0. The fourth-order valence-corrected chi connectivity index (χ4v) is 5.69. The minimum absolute atomic E-state index is 0.0294. The van der Waals surface area contributed by atoms with Gasteiger partial charge in [0.05, 0.1) is 17.0 Å². The molecule has 11 heteroatoms. The number of nitrogens with zero attached hydrogens (tertiary/aromatic N) is 4. The topological polar surface area (TPSA) is 110 Å². The van der Waals surface area contributed by atoms with Crippen LogP contribution in [0.5, 0.6) is 11.8 Å². The van der Waals surface area contributed by atoms with Gasteiger partial charge in [0.15, 0.2) is 10.3 Å². The molecule has 0 atom stereocenters. The molecule has 2 aliphatic rings. The molecule has 0 fully saturated rings. The number of rotatable bonds is 3. The van der Waals surface area contributed by atoms with E-state index >= 15 is 0 Å². The first-order valence-electron chi connectivity index (χ1n) is 9.14. The first-order chi connectivity index (χ1) is 14.5. The molecule has 0 unspecified atom stereocenters. The van der Waals surface area contributed by atoms with Crippen LogP contribution in [-0.4, -0.2) is 40.8 Å². The van der Waals surface area contributed by atoms with E-state index < -0.39 is 34.6 Å². The molecule has 0 amide bonds. The Morgan fingerprint density at radius 3 is 1.90 bits per heavy atom. The van der Waals surface area contributed by atoms with Crippen molar-refractivity contribution in [2.24, 2.45) is 0 Å². The lowest BCUT2D eigenvalue weighted by atomic mass is 9.86. The Morgan fingerprint density at radius 1 is 0.900 bits per heavy atom. The first-order valence-corrected chi connectivity index (χ1v) is 11.1. The lowest BCUT2D eigenvalue weighted by molar-refractivity contribution is 0.413. The largest absolute Gasteiger partial charge is 0.493 e. The average Bonchev–Trinajstić information content (AvgIpc) is 3.36.